The average Bonchev–Trinajstić information content (AvgIpc) is 3.14. The van der Waals surface area contributed by atoms with E-state index in [4.69, 9.17) is 10.7 Å². The molecule has 0 bridgehead atoms. The van der Waals surface area contributed by atoms with Crippen LogP contribution in [0.4, 0.5) is 5.82 Å². The maximum absolute atomic E-state index is 13.2. The highest BCUT2D eigenvalue weighted by atomic mass is 16.2. The Kier molecular flexibility index (Phi) is 5.31. The molecule has 162 valence electrons. The lowest BCUT2D eigenvalue weighted by Crippen LogP contribution is -2.40. The SMILES string of the molecule is Cc1nc2ccccn2c1CC(=O)N1CCC[C@H](c2ccc(-c3ccc(N)nc3)cn2)C1. The molecule has 5 heterocycles. The zero-order chi connectivity index (χ0) is 22.1. The van der Waals surface area contributed by atoms with Crippen molar-refractivity contribution < 1.29 is 4.79 Å². The van der Waals surface area contributed by atoms with Crippen LogP contribution in [0.5, 0.6) is 0 Å². The molecule has 1 saturated heterocycles. The van der Waals surface area contributed by atoms with Gasteiger partial charge in [-0.15, -0.1) is 0 Å². The molecule has 4 aromatic heterocycles. The Morgan fingerprint density at radius 2 is 1.91 bits per heavy atom. The number of piperidine rings is 1. The molecule has 1 fully saturated rings. The Balaban J connectivity index is 1.29. The molecule has 0 radical (unpaired) electrons. The summed E-state index contributed by atoms with van der Waals surface area (Å²) in [4.78, 5) is 28.6. The second kappa shape index (κ2) is 8.42. The fourth-order valence-electron chi connectivity index (χ4n) is 4.47. The normalized spacial score (nSPS) is 16.4. The number of carbonyl (C=O) groups excluding carboxylic acids is 1. The van der Waals surface area contributed by atoms with Gasteiger partial charge in [0.05, 0.1) is 17.8 Å². The first-order chi connectivity index (χ1) is 15.6. The standard InChI is InChI=1S/C25H26N6O/c1-17-22(31-12-3-2-6-24(31)29-17)13-25(32)30-11-4-5-20(16-30)21-9-7-18(14-27-21)19-8-10-23(26)28-15-19/h2-3,6-10,12,14-15,20H,4-5,11,13,16H2,1H3,(H2,26,28)/t20-/m0/s1. The predicted molar refractivity (Wildman–Crippen MR) is 124 cm³/mol. The van der Waals surface area contributed by atoms with Crippen LogP contribution < -0.4 is 5.73 Å². The Morgan fingerprint density at radius 3 is 2.66 bits per heavy atom. The lowest BCUT2D eigenvalue weighted by Gasteiger charge is -2.32. The van der Waals surface area contributed by atoms with E-state index in [0.717, 1.165) is 53.2 Å². The van der Waals surface area contributed by atoms with Crippen LogP contribution >= 0.6 is 0 Å². The number of likely N-dealkylation sites (tertiary alicyclic amines) is 1. The first kappa shape index (κ1) is 20.2. The smallest absolute Gasteiger partial charge is 0.228 e. The van der Waals surface area contributed by atoms with Crippen LogP contribution in [0.25, 0.3) is 16.8 Å². The molecule has 0 aromatic carbocycles. The second-order valence-corrected chi connectivity index (χ2v) is 8.37. The third-order valence-electron chi connectivity index (χ3n) is 6.25. The quantitative estimate of drug-likeness (QED) is 0.538. The molecule has 1 atom stereocenters. The van der Waals surface area contributed by atoms with Crippen molar-refractivity contribution in [2.24, 2.45) is 0 Å². The van der Waals surface area contributed by atoms with Gasteiger partial charge in [-0.25, -0.2) is 9.97 Å². The Hall–Kier alpha value is -3.74. The van der Waals surface area contributed by atoms with Gasteiger partial charge in [-0.3, -0.25) is 9.78 Å². The molecule has 1 amide bonds. The second-order valence-electron chi connectivity index (χ2n) is 8.37. The van der Waals surface area contributed by atoms with E-state index in [2.05, 4.69) is 22.1 Å². The maximum Gasteiger partial charge on any atom is 0.228 e. The van der Waals surface area contributed by atoms with Gasteiger partial charge in [-0.05, 0) is 50.1 Å². The third-order valence-corrected chi connectivity index (χ3v) is 6.25. The lowest BCUT2D eigenvalue weighted by molar-refractivity contribution is -0.131. The number of imidazole rings is 1. The van der Waals surface area contributed by atoms with Crippen LogP contribution in [0.3, 0.4) is 0 Å². The number of pyridine rings is 3. The Bertz CT molecular complexity index is 1250. The number of aromatic nitrogens is 4. The van der Waals surface area contributed by atoms with Crippen LogP contribution in [0.1, 0.15) is 35.8 Å². The monoisotopic (exact) mass is 426 g/mol. The van der Waals surface area contributed by atoms with Crippen molar-refractivity contribution in [3.05, 3.63) is 78.1 Å². The minimum atomic E-state index is 0.146. The molecule has 7 nitrogen and oxygen atoms in total. The van der Waals surface area contributed by atoms with E-state index in [-0.39, 0.29) is 11.8 Å². The summed E-state index contributed by atoms with van der Waals surface area (Å²) in [6, 6.07) is 13.8. The lowest BCUT2D eigenvalue weighted by atomic mass is 9.93. The van der Waals surface area contributed by atoms with E-state index in [0.29, 0.717) is 18.8 Å². The highest BCUT2D eigenvalue weighted by Gasteiger charge is 2.26. The fourth-order valence-corrected chi connectivity index (χ4v) is 4.47. The number of carbonyl (C=O) groups is 1. The van der Waals surface area contributed by atoms with Crippen molar-refractivity contribution in [2.45, 2.75) is 32.1 Å². The van der Waals surface area contributed by atoms with Gasteiger partial charge in [0.1, 0.15) is 11.5 Å². The summed E-state index contributed by atoms with van der Waals surface area (Å²) in [6.07, 6.45) is 7.99. The molecular weight excluding hydrogens is 400 g/mol. The van der Waals surface area contributed by atoms with Crippen molar-refractivity contribution in [3.8, 4) is 11.1 Å². The average molecular weight is 427 g/mol. The molecular formula is C25H26N6O. The fraction of sp³-hybridized carbons (Fsp3) is 0.280. The number of nitrogens with zero attached hydrogens (tertiary/aromatic N) is 5. The van der Waals surface area contributed by atoms with Gasteiger partial charge in [0.2, 0.25) is 5.91 Å². The molecule has 0 aliphatic carbocycles. The summed E-state index contributed by atoms with van der Waals surface area (Å²) in [7, 11) is 0. The number of fused-ring (bicyclic) bond motifs is 1. The number of amides is 1. The van der Waals surface area contributed by atoms with Crippen molar-refractivity contribution in [1.82, 2.24) is 24.3 Å². The van der Waals surface area contributed by atoms with Gasteiger partial charge in [0.15, 0.2) is 0 Å². The zero-order valence-electron chi connectivity index (χ0n) is 18.1. The summed E-state index contributed by atoms with van der Waals surface area (Å²) in [5.74, 6) is 0.895. The number of aryl methyl sites for hydroxylation is 1. The van der Waals surface area contributed by atoms with E-state index >= 15 is 0 Å². The molecule has 5 rings (SSSR count). The highest BCUT2D eigenvalue weighted by Crippen LogP contribution is 2.28. The number of anilines is 1. The third kappa shape index (κ3) is 3.93. The first-order valence-corrected chi connectivity index (χ1v) is 11.0. The van der Waals surface area contributed by atoms with Crippen molar-refractivity contribution in [3.63, 3.8) is 0 Å². The van der Waals surface area contributed by atoms with Crippen molar-refractivity contribution in [2.75, 3.05) is 18.8 Å². The van der Waals surface area contributed by atoms with Crippen LogP contribution in [-0.2, 0) is 11.2 Å². The van der Waals surface area contributed by atoms with E-state index in [1.54, 1.807) is 12.3 Å². The largest absolute Gasteiger partial charge is 0.384 e. The number of hydrogen-bond donors (Lipinski definition) is 1. The molecule has 1 aliphatic rings. The topological polar surface area (TPSA) is 89.4 Å². The molecule has 0 unspecified atom stereocenters. The summed E-state index contributed by atoms with van der Waals surface area (Å²) in [5, 5.41) is 0. The predicted octanol–water partition coefficient (Wildman–Crippen LogP) is 3.63. The number of hydrogen-bond acceptors (Lipinski definition) is 5. The number of rotatable bonds is 4. The van der Waals surface area contributed by atoms with E-state index in [9.17, 15) is 4.79 Å². The van der Waals surface area contributed by atoms with Crippen LogP contribution in [0, 0.1) is 6.92 Å². The van der Waals surface area contributed by atoms with Crippen molar-refractivity contribution in [1.29, 1.82) is 0 Å². The molecule has 2 N–H and O–H groups in total. The Morgan fingerprint density at radius 1 is 1.09 bits per heavy atom. The summed E-state index contributed by atoms with van der Waals surface area (Å²) >= 11 is 0. The molecule has 0 saturated carbocycles. The zero-order valence-corrected chi connectivity index (χ0v) is 18.1. The van der Waals surface area contributed by atoms with Crippen molar-refractivity contribution >= 4 is 17.4 Å². The summed E-state index contributed by atoms with van der Waals surface area (Å²) in [6.45, 7) is 3.46. The van der Waals surface area contributed by atoms with Crippen LogP contribution in [0.15, 0.2) is 61.1 Å². The summed E-state index contributed by atoms with van der Waals surface area (Å²) < 4.78 is 2.01. The molecule has 1 aliphatic heterocycles. The van der Waals surface area contributed by atoms with E-state index in [1.165, 1.54) is 0 Å². The van der Waals surface area contributed by atoms with Crippen LogP contribution in [-0.4, -0.2) is 43.2 Å². The Labute approximate surface area is 186 Å². The molecule has 7 heteroatoms. The van der Waals surface area contributed by atoms with Gasteiger partial charge in [-0.2, -0.15) is 0 Å². The minimum Gasteiger partial charge on any atom is -0.384 e. The van der Waals surface area contributed by atoms with Gasteiger partial charge >= 0.3 is 0 Å². The van der Waals surface area contributed by atoms with Gasteiger partial charge in [-0.1, -0.05) is 12.1 Å². The minimum absolute atomic E-state index is 0.146. The molecule has 32 heavy (non-hydrogen) atoms. The van der Waals surface area contributed by atoms with Gasteiger partial charge in [0.25, 0.3) is 0 Å². The maximum atomic E-state index is 13.2. The molecule has 4 aromatic rings. The van der Waals surface area contributed by atoms with Gasteiger partial charge in [0, 0.05) is 54.4 Å². The molecule has 0 spiro atoms. The number of nitrogens with two attached hydrogens (primary N) is 1. The highest BCUT2D eigenvalue weighted by molar-refractivity contribution is 5.79. The summed E-state index contributed by atoms with van der Waals surface area (Å²) in [5.41, 5.74) is 11.5. The first-order valence-electron chi connectivity index (χ1n) is 11.0. The number of nitrogen functional groups attached to an aromatic ring is 1. The van der Waals surface area contributed by atoms with E-state index in [1.807, 2.05) is 52.9 Å². The van der Waals surface area contributed by atoms with Gasteiger partial charge < -0.3 is 15.0 Å². The van der Waals surface area contributed by atoms with Crippen LogP contribution in [0.2, 0.25) is 0 Å². The van der Waals surface area contributed by atoms with E-state index < -0.39 is 0 Å².